The fourth-order valence-electron chi connectivity index (χ4n) is 2.41. The molecule has 0 saturated carbocycles. The molecule has 0 aliphatic carbocycles. The van der Waals surface area contributed by atoms with Gasteiger partial charge in [0.25, 0.3) is 5.91 Å². The number of piperidine rings is 1. The maximum atomic E-state index is 12.4. The zero-order valence-corrected chi connectivity index (χ0v) is 12.3. The third kappa shape index (κ3) is 4.25. The first-order valence-corrected chi connectivity index (χ1v) is 7.06. The van der Waals surface area contributed by atoms with Crippen LogP contribution in [0.5, 0.6) is 0 Å². The van der Waals surface area contributed by atoms with Crippen molar-refractivity contribution in [1.82, 2.24) is 10.2 Å². The Labute approximate surface area is 111 Å². The first-order chi connectivity index (χ1) is 8.51. The molecule has 0 radical (unpaired) electrons. The Morgan fingerprint density at radius 2 is 2.22 bits per heavy atom. The molecule has 1 heterocycles. The first kappa shape index (κ1) is 15.4. The van der Waals surface area contributed by atoms with Crippen molar-refractivity contribution in [1.29, 1.82) is 0 Å². The Bertz CT molecular complexity index is 261. The van der Waals surface area contributed by atoms with Crippen molar-refractivity contribution < 1.29 is 9.53 Å². The van der Waals surface area contributed by atoms with Gasteiger partial charge >= 0.3 is 0 Å². The van der Waals surface area contributed by atoms with Crippen molar-refractivity contribution in [2.75, 3.05) is 33.3 Å². The molecule has 0 bridgehead atoms. The van der Waals surface area contributed by atoms with Crippen LogP contribution in [0.3, 0.4) is 0 Å². The van der Waals surface area contributed by atoms with E-state index in [1.54, 1.807) is 7.11 Å². The summed E-state index contributed by atoms with van der Waals surface area (Å²) in [5.41, 5.74) is -0.711. The van der Waals surface area contributed by atoms with Crippen molar-refractivity contribution in [3.8, 4) is 0 Å². The highest BCUT2D eigenvalue weighted by molar-refractivity contribution is 5.84. The van der Waals surface area contributed by atoms with Crippen LogP contribution in [0.1, 0.15) is 40.0 Å². The number of nitrogens with zero attached hydrogens (tertiary/aromatic N) is 1. The second-order valence-electron chi connectivity index (χ2n) is 5.68. The van der Waals surface area contributed by atoms with Crippen molar-refractivity contribution in [3.05, 3.63) is 0 Å². The summed E-state index contributed by atoms with van der Waals surface area (Å²) in [6.07, 6.45) is 3.42. The molecule has 1 unspecified atom stereocenters. The maximum Gasteiger partial charge on any atom is 0.254 e. The molecular formula is C14H28N2O2. The van der Waals surface area contributed by atoms with Crippen LogP contribution in [0.15, 0.2) is 0 Å². The normalized spacial score (nSPS) is 20.8. The van der Waals surface area contributed by atoms with Crippen LogP contribution in [0, 0.1) is 5.92 Å². The summed E-state index contributed by atoms with van der Waals surface area (Å²) < 4.78 is 5.31. The van der Waals surface area contributed by atoms with E-state index < -0.39 is 5.60 Å². The molecule has 1 aliphatic rings. The molecule has 1 aliphatic heterocycles. The predicted octanol–water partition coefficient (Wildman–Crippen LogP) is 1.65. The number of hydrogen-bond acceptors (Lipinski definition) is 3. The molecule has 4 heteroatoms. The van der Waals surface area contributed by atoms with Crippen LogP contribution >= 0.6 is 0 Å². The van der Waals surface area contributed by atoms with Gasteiger partial charge in [0.2, 0.25) is 0 Å². The Hall–Kier alpha value is -0.610. The number of carbonyl (C=O) groups is 1. The largest absolute Gasteiger partial charge is 0.369 e. The molecule has 18 heavy (non-hydrogen) atoms. The van der Waals surface area contributed by atoms with Crippen molar-refractivity contribution in [2.24, 2.45) is 5.92 Å². The number of amides is 1. The van der Waals surface area contributed by atoms with E-state index in [0.717, 1.165) is 32.6 Å². The van der Waals surface area contributed by atoms with Gasteiger partial charge in [-0.15, -0.1) is 0 Å². The summed E-state index contributed by atoms with van der Waals surface area (Å²) in [7, 11) is 1.60. The zero-order chi connectivity index (χ0) is 13.6. The third-order valence-corrected chi connectivity index (χ3v) is 3.68. The number of rotatable bonds is 6. The fraction of sp³-hybridized carbons (Fsp3) is 0.929. The quantitative estimate of drug-likeness (QED) is 0.785. The molecule has 1 amide bonds. The third-order valence-electron chi connectivity index (χ3n) is 3.68. The molecule has 1 atom stereocenters. The minimum absolute atomic E-state index is 0.109. The maximum absolute atomic E-state index is 12.4. The van der Waals surface area contributed by atoms with Crippen LogP contribution in [-0.2, 0) is 9.53 Å². The monoisotopic (exact) mass is 256 g/mol. The molecule has 0 aromatic carbocycles. The minimum Gasteiger partial charge on any atom is -0.369 e. The van der Waals surface area contributed by atoms with Gasteiger partial charge in [0.05, 0.1) is 0 Å². The van der Waals surface area contributed by atoms with E-state index in [-0.39, 0.29) is 5.91 Å². The molecule has 1 rings (SSSR count). The first-order valence-electron chi connectivity index (χ1n) is 7.06. The van der Waals surface area contributed by atoms with E-state index in [9.17, 15) is 4.79 Å². The van der Waals surface area contributed by atoms with E-state index >= 15 is 0 Å². The van der Waals surface area contributed by atoms with Gasteiger partial charge in [0.15, 0.2) is 0 Å². The lowest BCUT2D eigenvalue weighted by molar-refractivity contribution is -0.151. The number of carbonyl (C=O) groups excluding carboxylic acids is 1. The van der Waals surface area contributed by atoms with Gasteiger partial charge < -0.3 is 15.0 Å². The molecule has 0 aromatic heterocycles. The van der Waals surface area contributed by atoms with E-state index in [2.05, 4.69) is 12.2 Å². The lowest BCUT2D eigenvalue weighted by atomic mass is 9.98. The smallest absolute Gasteiger partial charge is 0.254 e. The van der Waals surface area contributed by atoms with Crippen molar-refractivity contribution in [2.45, 2.75) is 45.6 Å². The number of hydrogen-bond donors (Lipinski definition) is 1. The average molecular weight is 256 g/mol. The number of ether oxygens (including phenoxy) is 1. The molecule has 0 spiro atoms. The van der Waals surface area contributed by atoms with Crippen molar-refractivity contribution >= 4 is 5.91 Å². The van der Waals surface area contributed by atoms with Gasteiger partial charge in [-0.2, -0.15) is 0 Å². The van der Waals surface area contributed by atoms with Crippen LogP contribution in [0.4, 0.5) is 0 Å². The summed E-state index contributed by atoms with van der Waals surface area (Å²) >= 11 is 0. The Balaban J connectivity index is 2.60. The summed E-state index contributed by atoms with van der Waals surface area (Å²) in [5, 5.41) is 3.40. The predicted molar refractivity (Wildman–Crippen MR) is 73.6 cm³/mol. The van der Waals surface area contributed by atoms with Gasteiger partial charge in [-0.1, -0.05) is 6.92 Å². The Morgan fingerprint density at radius 1 is 1.50 bits per heavy atom. The van der Waals surface area contributed by atoms with E-state index in [1.807, 2.05) is 18.7 Å². The van der Waals surface area contributed by atoms with E-state index in [4.69, 9.17) is 4.74 Å². The molecule has 1 fully saturated rings. The molecule has 0 aromatic rings. The molecule has 106 valence electrons. The topological polar surface area (TPSA) is 41.6 Å². The van der Waals surface area contributed by atoms with Crippen molar-refractivity contribution in [3.63, 3.8) is 0 Å². The Kier molecular flexibility index (Phi) is 6.09. The summed E-state index contributed by atoms with van der Waals surface area (Å²) in [4.78, 5) is 14.4. The van der Waals surface area contributed by atoms with Crippen LogP contribution in [-0.4, -0.2) is 49.7 Å². The van der Waals surface area contributed by atoms with Gasteiger partial charge in [0.1, 0.15) is 5.60 Å². The lowest BCUT2D eigenvalue weighted by Crippen LogP contribution is -2.49. The SMILES string of the molecule is CCCN(CC1CCCNC1)C(=O)C(C)(C)OC. The standard InChI is InChI=1S/C14H28N2O2/c1-5-9-16(13(17)14(2,3)18-4)11-12-7-6-8-15-10-12/h12,15H,5-11H2,1-4H3. The zero-order valence-electron chi connectivity index (χ0n) is 12.3. The highest BCUT2D eigenvalue weighted by Gasteiger charge is 2.32. The summed E-state index contributed by atoms with van der Waals surface area (Å²) in [6, 6.07) is 0. The summed E-state index contributed by atoms with van der Waals surface area (Å²) in [5.74, 6) is 0.694. The second kappa shape index (κ2) is 7.10. The minimum atomic E-state index is -0.711. The molecule has 4 nitrogen and oxygen atoms in total. The van der Waals surface area contributed by atoms with Gasteiger partial charge in [0, 0.05) is 20.2 Å². The molecule has 1 saturated heterocycles. The molecular weight excluding hydrogens is 228 g/mol. The van der Waals surface area contributed by atoms with E-state index in [0.29, 0.717) is 5.92 Å². The number of nitrogens with one attached hydrogen (secondary N) is 1. The van der Waals surface area contributed by atoms with Gasteiger partial charge in [-0.25, -0.2) is 0 Å². The Morgan fingerprint density at radius 3 is 2.72 bits per heavy atom. The van der Waals surface area contributed by atoms with Crippen LogP contribution in [0.25, 0.3) is 0 Å². The van der Waals surface area contributed by atoms with E-state index in [1.165, 1.54) is 12.8 Å². The lowest BCUT2D eigenvalue weighted by Gasteiger charge is -2.34. The number of methoxy groups -OCH3 is 1. The molecule has 1 N–H and O–H groups in total. The summed E-state index contributed by atoms with van der Waals surface area (Å²) in [6.45, 7) is 9.62. The highest BCUT2D eigenvalue weighted by Crippen LogP contribution is 2.17. The average Bonchev–Trinajstić information content (AvgIpc) is 2.38. The second-order valence-corrected chi connectivity index (χ2v) is 5.68. The van der Waals surface area contributed by atoms with Crippen LogP contribution in [0.2, 0.25) is 0 Å². The highest BCUT2D eigenvalue weighted by atomic mass is 16.5. The van der Waals surface area contributed by atoms with Crippen LogP contribution < -0.4 is 5.32 Å². The fourth-order valence-corrected chi connectivity index (χ4v) is 2.41. The van der Waals surface area contributed by atoms with Gasteiger partial charge in [-0.3, -0.25) is 4.79 Å². The van der Waals surface area contributed by atoms with Gasteiger partial charge in [-0.05, 0) is 52.1 Å².